The SMILES string of the molecule is COC(C)CNc1ccnc2cc(F)ccc12. The molecule has 0 aliphatic rings. The van der Waals surface area contributed by atoms with E-state index in [1.54, 1.807) is 19.4 Å². The average Bonchev–Trinajstić information content (AvgIpc) is 2.35. The van der Waals surface area contributed by atoms with E-state index in [-0.39, 0.29) is 11.9 Å². The van der Waals surface area contributed by atoms with Crippen LogP contribution in [-0.4, -0.2) is 24.7 Å². The maximum atomic E-state index is 13.1. The first-order chi connectivity index (χ1) is 8.20. The fourth-order valence-corrected chi connectivity index (χ4v) is 1.61. The first kappa shape index (κ1) is 11.8. The van der Waals surface area contributed by atoms with Crippen molar-refractivity contribution in [1.82, 2.24) is 4.98 Å². The van der Waals surface area contributed by atoms with E-state index in [9.17, 15) is 4.39 Å². The predicted molar refractivity (Wildman–Crippen MR) is 66.7 cm³/mol. The number of aromatic nitrogens is 1. The minimum absolute atomic E-state index is 0.124. The van der Waals surface area contributed by atoms with Gasteiger partial charge in [0.25, 0.3) is 0 Å². The Hall–Kier alpha value is -1.68. The molecule has 90 valence electrons. The molecule has 0 radical (unpaired) electrons. The van der Waals surface area contributed by atoms with Crippen LogP contribution < -0.4 is 5.32 Å². The van der Waals surface area contributed by atoms with Crippen LogP contribution in [0.25, 0.3) is 10.9 Å². The number of anilines is 1. The van der Waals surface area contributed by atoms with Crippen LogP contribution in [0.1, 0.15) is 6.92 Å². The van der Waals surface area contributed by atoms with Crippen LogP contribution in [0.5, 0.6) is 0 Å². The molecular formula is C13H15FN2O. The van der Waals surface area contributed by atoms with Crippen molar-refractivity contribution in [2.75, 3.05) is 19.0 Å². The molecule has 4 heteroatoms. The maximum Gasteiger partial charge on any atom is 0.125 e. The second kappa shape index (κ2) is 5.10. The monoisotopic (exact) mass is 234 g/mol. The van der Waals surface area contributed by atoms with Gasteiger partial charge in [-0.2, -0.15) is 0 Å². The Labute approximate surface area is 99.6 Å². The lowest BCUT2D eigenvalue weighted by atomic mass is 10.2. The van der Waals surface area contributed by atoms with Gasteiger partial charge in [0.15, 0.2) is 0 Å². The van der Waals surface area contributed by atoms with Gasteiger partial charge >= 0.3 is 0 Å². The summed E-state index contributed by atoms with van der Waals surface area (Å²) in [5.41, 5.74) is 1.60. The number of pyridine rings is 1. The number of nitrogens with zero attached hydrogens (tertiary/aromatic N) is 1. The first-order valence-corrected chi connectivity index (χ1v) is 5.51. The quantitative estimate of drug-likeness (QED) is 0.883. The number of nitrogens with one attached hydrogen (secondary N) is 1. The van der Waals surface area contributed by atoms with Gasteiger partial charge in [-0.1, -0.05) is 0 Å². The summed E-state index contributed by atoms with van der Waals surface area (Å²) in [6.45, 7) is 2.68. The third-order valence-corrected chi connectivity index (χ3v) is 2.69. The van der Waals surface area contributed by atoms with Crippen molar-refractivity contribution < 1.29 is 9.13 Å². The number of methoxy groups -OCH3 is 1. The number of hydrogen-bond acceptors (Lipinski definition) is 3. The number of halogens is 1. The Morgan fingerprint density at radius 2 is 2.24 bits per heavy atom. The molecule has 0 saturated carbocycles. The Bertz CT molecular complexity index is 516. The number of benzene rings is 1. The molecule has 0 amide bonds. The van der Waals surface area contributed by atoms with Crippen molar-refractivity contribution in [2.24, 2.45) is 0 Å². The van der Waals surface area contributed by atoms with Gasteiger partial charge in [0.05, 0.1) is 11.6 Å². The molecule has 1 aromatic heterocycles. The van der Waals surface area contributed by atoms with Crippen LogP contribution in [0.4, 0.5) is 10.1 Å². The lowest BCUT2D eigenvalue weighted by Crippen LogP contribution is -2.18. The zero-order valence-corrected chi connectivity index (χ0v) is 9.90. The van der Waals surface area contributed by atoms with E-state index in [1.807, 2.05) is 13.0 Å². The summed E-state index contributed by atoms with van der Waals surface area (Å²) in [7, 11) is 1.67. The fraction of sp³-hybridized carbons (Fsp3) is 0.308. The maximum absolute atomic E-state index is 13.1. The number of rotatable bonds is 4. The van der Waals surface area contributed by atoms with E-state index >= 15 is 0 Å². The zero-order valence-electron chi connectivity index (χ0n) is 9.90. The number of fused-ring (bicyclic) bond motifs is 1. The molecule has 0 spiro atoms. The second-order valence-electron chi connectivity index (χ2n) is 3.95. The summed E-state index contributed by atoms with van der Waals surface area (Å²) in [5, 5.41) is 4.18. The molecule has 17 heavy (non-hydrogen) atoms. The van der Waals surface area contributed by atoms with Gasteiger partial charge in [-0.25, -0.2) is 4.39 Å². The molecule has 0 aliphatic heterocycles. The van der Waals surface area contributed by atoms with Crippen LogP contribution >= 0.6 is 0 Å². The summed E-state index contributed by atoms with van der Waals surface area (Å²) in [5.74, 6) is -0.271. The predicted octanol–water partition coefficient (Wildman–Crippen LogP) is 2.82. The molecule has 0 bridgehead atoms. The zero-order chi connectivity index (χ0) is 12.3. The molecule has 0 fully saturated rings. The van der Waals surface area contributed by atoms with Gasteiger partial charge in [-0.3, -0.25) is 4.98 Å². The molecule has 0 saturated heterocycles. The highest BCUT2D eigenvalue weighted by Crippen LogP contribution is 2.22. The van der Waals surface area contributed by atoms with Gasteiger partial charge in [0.2, 0.25) is 0 Å². The van der Waals surface area contributed by atoms with Gasteiger partial charge in [-0.05, 0) is 25.1 Å². The van der Waals surface area contributed by atoms with Crippen LogP contribution in [0.15, 0.2) is 30.5 Å². The third kappa shape index (κ3) is 2.71. The molecule has 2 rings (SSSR count). The van der Waals surface area contributed by atoms with Crippen molar-refractivity contribution in [3.05, 3.63) is 36.3 Å². The lowest BCUT2D eigenvalue weighted by Gasteiger charge is -2.13. The Morgan fingerprint density at radius 3 is 3.00 bits per heavy atom. The summed E-state index contributed by atoms with van der Waals surface area (Å²) in [6, 6.07) is 6.48. The summed E-state index contributed by atoms with van der Waals surface area (Å²) < 4.78 is 18.2. The molecule has 1 aromatic carbocycles. The van der Waals surface area contributed by atoms with Crippen LogP contribution in [0.3, 0.4) is 0 Å². The second-order valence-corrected chi connectivity index (χ2v) is 3.95. The van der Waals surface area contributed by atoms with Crippen molar-refractivity contribution >= 4 is 16.6 Å². The van der Waals surface area contributed by atoms with Crippen molar-refractivity contribution in [3.63, 3.8) is 0 Å². The fourth-order valence-electron chi connectivity index (χ4n) is 1.61. The molecule has 0 aliphatic carbocycles. The van der Waals surface area contributed by atoms with Crippen molar-refractivity contribution in [1.29, 1.82) is 0 Å². The third-order valence-electron chi connectivity index (χ3n) is 2.69. The number of hydrogen-bond donors (Lipinski definition) is 1. The lowest BCUT2D eigenvalue weighted by molar-refractivity contribution is 0.129. The summed E-state index contributed by atoms with van der Waals surface area (Å²) in [6.07, 6.45) is 1.79. The number of ether oxygens (including phenoxy) is 1. The molecular weight excluding hydrogens is 219 g/mol. The van der Waals surface area contributed by atoms with Crippen LogP contribution in [0, 0.1) is 5.82 Å². The highest BCUT2D eigenvalue weighted by Gasteiger charge is 2.04. The standard InChI is InChI=1S/C13H15FN2O/c1-9(17-2)8-16-12-5-6-15-13-7-10(14)3-4-11(12)13/h3-7,9H,8H2,1-2H3,(H,15,16). The topological polar surface area (TPSA) is 34.1 Å². The summed E-state index contributed by atoms with van der Waals surface area (Å²) >= 11 is 0. The highest BCUT2D eigenvalue weighted by molar-refractivity contribution is 5.90. The van der Waals surface area contributed by atoms with Gasteiger partial charge < -0.3 is 10.1 Å². The van der Waals surface area contributed by atoms with E-state index in [0.29, 0.717) is 12.1 Å². The molecule has 1 unspecified atom stereocenters. The molecule has 1 atom stereocenters. The summed E-state index contributed by atoms with van der Waals surface area (Å²) in [4.78, 5) is 4.14. The van der Waals surface area contributed by atoms with Gasteiger partial charge in [0.1, 0.15) is 5.82 Å². The molecule has 2 aromatic rings. The molecule has 1 N–H and O–H groups in total. The van der Waals surface area contributed by atoms with E-state index < -0.39 is 0 Å². The van der Waals surface area contributed by atoms with E-state index in [2.05, 4.69) is 10.3 Å². The van der Waals surface area contributed by atoms with Gasteiger partial charge in [-0.15, -0.1) is 0 Å². The van der Waals surface area contributed by atoms with Crippen molar-refractivity contribution in [3.8, 4) is 0 Å². The molecule has 3 nitrogen and oxygen atoms in total. The Balaban J connectivity index is 2.28. The minimum Gasteiger partial charge on any atom is -0.382 e. The normalized spacial score (nSPS) is 12.6. The van der Waals surface area contributed by atoms with E-state index in [1.165, 1.54) is 12.1 Å². The largest absolute Gasteiger partial charge is 0.382 e. The Kier molecular flexibility index (Phi) is 3.54. The van der Waals surface area contributed by atoms with E-state index in [4.69, 9.17) is 4.74 Å². The van der Waals surface area contributed by atoms with E-state index in [0.717, 1.165) is 11.1 Å². The van der Waals surface area contributed by atoms with Crippen LogP contribution in [0.2, 0.25) is 0 Å². The molecule has 1 heterocycles. The minimum atomic E-state index is -0.271. The van der Waals surface area contributed by atoms with Crippen LogP contribution in [-0.2, 0) is 4.74 Å². The first-order valence-electron chi connectivity index (χ1n) is 5.51. The smallest absolute Gasteiger partial charge is 0.125 e. The average molecular weight is 234 g/mol. The highest BCUT2D eigenvalue weighted by atomic mass is 19.1. The Morgan fingerprint density at radius 1 is 1.41 bits per heavy atom. The van der Waals surface area contributed by atoms with Gasteiger partial charge in [0, 0.05) is 37.0 Å². The van der Waals surface area contributed by atoms with Crippen molar-refractivity contribution in [2.45, 2.75) is 13.0 Å².